The molecule has 1 saturated carbocycles. The summed E-state index contributed by atoms with van der Waals surface area (Å²) in [5, 5.41) is 3.58. The highest BCUT2D eigenvalue weighted by Crippen LogP contribution is 2.34. The van der Waals surface area contributed by atoms with E-state index in [9.17, 15) is 4.79 Å². The summed E-state index contributed by atoms with van der Waals surface area (Å²) in [5.41, 5.74) is 0. The number of likely N-dealkylation sites (tertiary alicyclic amines) is 1. The van der Waals surface area contributed by atoms with Crippen molar-refractivity contribution in [3.05, 3.63) is 0 Å². The standard InChI is InChI=1S/C15H28N2O2/c1-4-5-16-13-8-12(15(18)19-3)9-17(10-13)14-6-11(2)7-14/h11-14,16H,4-10H2,1-3H3. The van der Waals surface area contributed by atoms with Crippen LogP contribution in [0.15, 0.2) is 0 Å². The molecule has 0 amide bonds. The number of rotatable bonds is 5. The van der Waals surface area contributed by atoms with E-state index in [0.717, 1.165) is 38.4 Å². The molecule has 4 nitrogen and oxygen atoms in total. The lowest BCUT2D eigenvalue weighted by atomic mass is 9.79. The van der Waals surface area contributed by atoms with Crippen LogP contribution in [0, 0.1) is 11.8 Å². The number of hydrogen-bond acceptors (Lipinski definition) is 4. The third kappa shape index (κ3) is 3.69. The summed E-state index contributed by atoms with van der Waals surface area (Å²) < 4.78 is 4.95. The summed E-state index contributed by atoms with van der Waals surface area (Å²) in [5.74, 6) is 0.856. The maximum Gasteiger partial charge on any atom is 0.310 e. The molecule has 0 aromatic heterocycles. The maximum absolute atomic E-state index is 11.8. The summed E-state index contributed by atoms with van der Waals surface area (Å²) in [6.45, 7) is 7.50. The Bertz CT molecular complexity index is 303. The molecular formula is C15H28N2O2. The van der Waals surface area contributed by atoms with Gasteiger partial charge in [0.25, 0.3) is 0 Å². The van der Waals surface area contributed by atoms with Gasteiger partial charge in [-0.2, -0.15) is 0 Å². The average Bonchev–Trinajstić information content (AvgIpc) is 2.40. The number of hydrogen-bond donors (Lipinski definition) is 1. The Morgan fingerprint density at radius 2 is 2.05 bits per heavy atom. The molecule has 0 spiro atoms. The first-order chi connectivity index (χ1) is 9.13. The summed E-state index contributed by atoms with van der Waals surface area (Å²) in [6, 6.07) is 1.13. The fourth-order valence-electron chi connectivity index (χ4n) is 3.42. The highest BCUT2D eigenvalue weighted by molar-refractivity contribution is 5.72. The zero-order chi connectivity index (χ0) is 13.8. The van der Waals surface area contributed by atoms with Gasteiger partial charge in [-0.05, 0) is 38.1 Å². The van der Waals surface area contributed by atoms with E-state index in [-0.39, 0.29) is 11.9 Å². The van der Waals surface area contributed by atoms with E-state index in [4.69, 9.17) is 4.74 Å². The topological polar surface area (TPSA) is 41.6 Å². The molecule has 2 unspecified atom stereocenters. The fraction of sp³-hybridized carbons (Fsp3) is 0.933. The van der Waals surface area contributed by atoms with Gasteiger partial charge in [-0.25, -0.2) is 0 Å². The van der Waals surface area contributed by atoms with Gasteiger partial charge in [0.1, 0.15) is 0 Å². The van der Waals surface area contributed by atoms with Crippen LogP contribution >= 0.6 is 0 Å². The minimum atomic E-state index is -0.0413. The molecule has 2 fully saturated rings. The molecule has 1 aliphatic carbocycles. The van der Waals surface area contributed by atoms with Gasteiger partial charge in [0, 0.05) is 25.2 Å². The quantitative estimate of drug-likeness (QED) is 0.770. The second kappa shape index (κ2) is 6.71. The van der Waals surface area contributed by atoms with Gasteiger partial charge in [0.15, 0.2) is 0 Å². The van der Waals surface area contributed by atoms with E-state index >= 15 is 0 Å². The highest BCUT2D eigenvalue weighted by atomic mass is 16.5. The number of nitrogens with one attached hydrogen (secondary N) is 1. The third-order valence-corrected chi connectivity index (χ3v) is 4.56. The van der Waals surface area contributed by atoms with E-state index in [1.165, 1.54) is 20.0 Å². The smallest absolute Gasteiger partial charge is 0.310 e. The van der Waals surface area contributed by atoms with Crippen LogP contribution in [0.1, 0.15) is 39.5 Å². The summed E-state index contributed by atoms with van der Waals surface area (Å²) >= 11 is 0. The number of esters is 1. The number of nitrogens with zero attached hydrogens (tertiary/aromatic N) is 1. The van der Waals surface area contributed by atoms with E-state index in [1.807, 2.05) is 0 Å². The first-order valence-electron chi connectivity index (χ1n) is 7.69. The van der Waals surface area contributed by atoms with Gasteiger partial charge < -0.3 is 10.1 Å². The van der Waals surface area contributed by atoms with Crippen LogP contribution in [0.2, 0.25) is 0 Å². The molecule has 1 aliphatic heterocycles. The van der Waals surface area contributed by atoms with Crippen molar-refractivity contribution in [3.8, 4) is 0 Å². The first-order valence-corrected chi connectivity index (χ1v) is 7.69. The zero-order valence-electron chi connectivity index (χ0n) is 12.5. The second-order valence-electron chi connectivity index (χ2n) is 6.29. The van der Waals surface area contributed by atoms with Gasteiger partial charge in [-0.15, -0.1) is 0 Å². The minimum absolute atomic E-state index is 0.0413. The number of piperidine rings is 1. The van der Waals surface area contributed by atoms with Gasteiger partial charge in [0.2, 0.25) is 0 Å². The fourth-order valence-corrected chi connectivity index (χ4v) is 3.42. The Labute approximate surface area is 116 Å². The van der Waals surface area contributed by atoms with Crippen LogP contribution in [0.4, 0.5) is 0 Å². The van der Waals surface area contributed by atoms with Crippen molar-refractivity contribution in [3.63, 3.8) is 0 Å². The molecule has 110 valence electrons. The van der Waals surface area contributed by atoms with Crippen molar-refractivity contribution < 1.29 is 9.53 Å². The summed E-state index contributed by atoms with van der Waals surface area (Å²) in [6.07, 6.45) is 4.63. The zero-order valence-corrected chi connectivity index (χ0v) is 12.5. The van der Waals surface area contributed by atoms with Crippen molar-refractivity contribution in [2.45, 2.75) is 51.6 Å². The van der Waals surface area contributed by atoms with Crippen LogP contribution in [0.5, 0.6) is 0 Å². The van der Waals surface area contributed by atoms with Gasteiger partial charge in [-0.1, -0.05) is 13.8 Å². The lowest BCUT2D eigenvalue weighted by molar-refractivity contribution is -0.148. The van der Waals surface area contributed by atoms with Gasteiger partial charge >= 0.3 is 5.97 Å². The highest BCUT2D eigenvalue weighted by Gasteiger charge is 2.38. The molecule has 1 heterocycles. The molecule has 2 aliphatic rings. The van der Waals surface area contributed by atoms with Crippen molar-refractivity contribution in [1.29, 1.82) is 0 Å². The molecule has 0 radical (unpaired) electrons. The van der Waals surface area contributed by atoms with E-state index < -0.39 is 0 Å². The Balaban J connectivity index is 1.93. The first kappa shape index (κ1) is 14.8. The van der Waals surface area contributed by atoms with Crippen LogP contribution in [-0.2, 0) is 9.53 Å². The SMILES string of the molecule is CCCNC1CC(C(=O)OC)CN(C2CC(C)C2)C1. The molecule has 1 saturated heterocycles. The Hall–Kier alpha value is -0.610. The molecule has 0 aromatic carbocycles. The third-order valence-electron chi connectivity index (χ3n) is 4.56. The molecule has 2 atom stereocenters. The monoisotopic (exact) mass is 268 g/mol. The van der Waals surface area contributed by atoms with Crippen molar-refractivity contribution in [2.75, 3.05) is 26.7 Å². The minimum Gasteiger partial charge on any atom is -0.469 e. The van der Waals surface area contributed by atoms with E-state index in [1.54, 1.807) is 0 Å². The van der Waals surface area contributed by atoms with Gasteiger partial charge in [0.05, 0.1) is 13.0 Å². The van der Waals surface area contributed by atoms with Crippen molar-refractivity contribution in [2.24, 2.45) is 11.8 Å². The van der Waals surface area contributed by atoms with Gasteiger partial charge in [-0.3, -0.25) is 9.69 Å². The number of ether oxygens (including phenoxy) is 1. The molecular weight excluding hydrogens is 240 g/mol. The summed E-state index contributed by atoms with van der Waals surface area (Å²) in [7, 11) is 1.50. The number of methoxy groups -OCH3 is 1. The summed E-state index contributed by atoms with van der Waals surface area (Å²) in [4.78, 5) is 14.4. The average molecular weight is 268 g/mol. The van der Waals surface area contributed by atoms with E-state index in [2.05, 4.69) is 24.1 Å². The lowest BCUT2D eigenvalue weighted by Crippen LogP contribution is -2.56. The largest absolute Gasteiger partial charge is 0.469 e. The molecule has 0 bridgehead atoms. The molecule has 19 heavy (non-hydrogen) atoms. The van der Waals surface area contributed by atoms with Crippen molar-refractivity contribution >= 4 is 5.97 Å². The molecule has 0 aromatic rings. The Morgan fingerprint density at radius 1 is 1.32 bits per heavy atom. The molecule has 4 heteroatoms. The Morgan fingerprint density at radius 3 is 2.63 bits per heavy atom. The van der Waals surface area contributed by atoms with Crippen molar-refractivity contribution in [1.82, 2.24) is 10.2 Å². The number of carbonyl (C=O) groups is 1. The Kier molecular flexibility index (Phi) is 5.22. The lowest BCUT2D eigenvalue weighted by Gasteiger charge is -2.47. The maximum atomic E-state index is 11.8. The normalized spacial score (nSPS) is 35.7. The van der Waals surface area contributed by atoms with Crippen LogP contribution in [0.25, 0.3) is 0 Å². The van der Waals surface area contributed by atoms with Crippen LogP contribution < -0.4 is 5.32 Å². The predicted molar refractivity (Wildman–Crippen MR) is 76.0 cm³/mol. The molecule has 1 N–H and O–H groups in total. The van der Waals surface area contributed by atoms with Crippen LogP contribution in [0.3, 0.4) is 0 Å². The predicted octanol–water partition coefficient (Wildman–Crippen LogP) is 1.65. The second-order valence-corrected chi connectivity index (χ2v) is 6.29. The van der Waals surface area contributed by atoms with E-state index in [0.29, 0.717) is 12.1 Å². The molecule has 2 rings (SSSR count). The number of carbonyl (C=O) groups excluding carboxylic acids is 1. The van der Waals surface area contributed by atoms with Crippen LogP contribution in [-0.4, -0.2) is 49.7 Å².